The molecule has 0 radical (unpaired) electrons. The van der Waals surface area contributed by atoms with Crippen LogP contribution in [-0.4, -0.2) is 47.2 Å². The average Bonchev–Trinajstić information content (AvgIpc) is 3.26. The van der Waals surface area contributed by atoms with E-state index in [1.54, 1.807) is 13.3 Å². The van der Waals surface area contributed by atoms with Gasteiger partial charge in [-0.25, -0.2) is 0 Å². The second-order valence-electron chi connectivity index (χ2n) is 6.03. The summed E-state index contributed by atoms with van der Waals surface area (Å²) in [5.74, 6) is -0.547. The lowest BCUT2D eigenvalue weighted by Crippen LogP contribution is -2.33. The highest BCUT2D eigenvalue weighted by Gasteiger charge is 2.36. The van der Waals surface area contributed by atoms with Crippen molar-refractivity contribution in [3.63, 3.8) is 0 Å². The fourth-order valence-electron chi connectivity index (χ4n) is 2.78. The molecule has 8 nitrogen and oxygen atoms in total. The monoisotopic (exact) mass is 375 g/mol. The fraction of sp³-hybridized carbons (Fsp3) is 0.471. The third-order valence-corrected chi connectivity index (χ3v) is 5.01. The lowest BCUT2D eigenvalue weighted by Gasteiger charge is -2.12. The molecule has 26 heavy (non-hydrogen) atoms. The predicted octanol–water partition coefficient (Wildman–Crippen LogP) is 1.18. The van der Waals surface area contributed by atoms with Gasteiger partial charge in [-0.1, -0.05) is 17.4 Å². The van der Waals surface area contributed by atoms with Gasteiger partial charge in [0, 0.05) is 38.5 Å². The lowest BCUT2D eigenvalue weighted by molar-refractivity contribution is -0.126. The van der Waals surface area contributed by atoms with E-state index in [0.717, 1.165) is 18.5 Å². The molecule has 1 saturated heterocycles. The van der Waals surface area contributed by atoms with E-state index in [0.29, 0.717) is 29.8 Å². The summed E-state index contributed by atoms with van der Waals surface area (Å²) in [7, 11) is 1.58. The molecule has 0 bridgehead atoms. The minimum absolute atomic E-state index is 0.0940. The van der Waals surface area contributed by atoms with Crippen molar-refractivity contribution in [1.29, 1.82) is 0 Å². The molecule has 1 atom stereocenters. The SMILES string of the molecule is COCc1nnc(N2CC(C(=O)NCCCc3ccccn3)CC2=O)s1. The van der Waals surface area contributed by atoms with Gasteiger partial charge in [0.2, 0.25) is 16.9 Å². The van der Waals surface area contributed by atoms with Crippen LogP contribution in [0.5, 0.6) is 0 Å². The number of hydrogen-bond donors (Lipinski definition) is 1. The van der Waals surface area contributed by atoms with E-state index in [4.69, 9.17) is 4.74 Å². The van der Waals surface area contributed by atoms with E-state index < -0.39 is 0 Å². The van der Waals surface area contributed by atoms with Gasteiger partial charge in [0.05, 0.1) is 5.92 Å². The molecule has 1 fully saturated rings. The van der Waals surface area contributed by atoms with Crippen LogP contribution in [0.4, 0.5) is 5.13 Å². The van der Waals surface area contributed by atoms with Gasteiger partial charge in [0.15, 0.2) is 0 Å². The lowest BCUT2D eigenvalue weighted by atomic mass is 10.1. The van der Waals surface area contributed by atoms with Crippen LogP contribution in [0.1, 0.15) is 23.5 Å². The maximum atomic E-state index is 12.3. The molecule has 1 N–H and O–H groups in total. The van der Waals surface area contributed by atoms with Crippen molar-refractivity contribution < 1.29 is 14.3 Å². The normalized spacial score (nSPS) is 16.9. The topological polar surface area (TPSA) is 97.3 Å². The Morgan fingerprint density at radius 2 is 2.31 bits per heavy atom. The van der Waals surface area contributed by atoms with Gasteiger partial charge >= 0.3 is 0 Å². The van der Waals surface area contributed by atoms with Gasteiger partial charge in [-0.3, -0.25) is 19.5 Å². The maximum Gasteiger partial charge on any atom is 0.229 e. The molecule has 0 spiro atoms. The van der Waals surface area contributed by atoms with E-state index >= 15 is 0 Å². The zero-order valence-electron chi connectivity index (χ0n) is 14.6. The molecule has 0 saturated carbocycles. The Morgan fingerprint density at radius 1 is 1.42 bits per heavy atom. The number of carbonyl (C=O) groups is 2. The zero-order valence-corrected chi connectivity index (χ0v) is 15.4. The van der Waals surface area contributed by atoms with Crippen LogP contribution in [0, 0.1) is 5.92 Å². The smallest absolute Gasteiger partial charge is 0.229 e. The number of carbonyl (C=O) groups excluding carboxylic acids is 2. The van der Waals surface area contributed by atoms with E-state index in [-0.39, 0.29) is 24.2 Å². The first-order valence-corrected chi connectivity index (χ1v) is 9.28. The van der Waals surface area contributed by atoms with Crippen molar-refractivity contribution in [1.82, 2.24) is 20.5 Å². The first kappa shape index (κ1) is 18.4. The van der Waals surface area contributed by atoms with Crippen LogP contribution >= 0.6 is 11.3 Å². The van der Waals surface area contributed by atoms with Gasteiger partial charge in [-0.15, -0.1) is 10.2 Å². The Hall–Kier alpha value is -2.39. The minimum Gasteiger partial charge on any atom is -0.377 e. The van der Waals surface area contributed by atoms with Crippen LogP contribution in [0.25, 0.3) is 0 Å². The standard InChI is InChI=1S/C17H21N5O3S/c1-25-11-14-20-21-17(26-14)22-10-12(9-15(22)23)16(24)19-8-4-6-13-5-2-3-7-18-13/h2-3,5,7,12H,4,6,8-11H2,1H3,(H,19,24). The summed E-state index contributed by atoms with van der Waals surface area (Å²) in [5, 5.41) is 12.2. The largest absolute Gasteiger partial charge is 0.377 e. The third kappa shape index (κ3) is 4.61. The van der Waals surface area contributed by atoms with E-state index in [2.05, 4.69) is 20.5 Å². The molecule has 138 valence electrons. The van der Waals surface area contributed by atoms with Crippen molar-refractivity contribution in [2.75, 3.05) is 25.1 Å². The summed E-state index contributed by atoms with van der Waals surface area (Å²) >= 11 is 1.31. The maximum absolute atomic E-state index is 12.3. The van der Waals surface area contributed by atoms with Crippen LogP contribution in [-0.2, 0) is 27.4 Å². The number of methoxy groups -OCH3 is 1. The minimum atomic E-state index is -0.355. The number of hydrogen-bond acceptors (Lipinski definition) is 7. The number of amides is 2. The molecule has 3 rings (SSSR count). The second-order valence-corrected chi connectivity index (χ2v) is 7.07. The molecule has 9 heteroatoms. The number of rotatable bonds is 8. The van der Waals surface area contributed by atoms with Crippen LogP contribution in [0.2, 0.25) is 0 Å². The molecule has 1 aliphatic rings. The summed E-state index contributed by atoms with van der Waals surface area (Å²) in [6.45, 7) is 1.27. The molecular formula is C17H21N5O3S. The Kier molecular flexibility index (Phi) is 6.24. The molecule has 3 heterocycles. The number of nitrogens with zero attached hydrogens (tertiary/aromatic N) is 4. The second kappa shape index (κ2) is 8.81. The van der Waals surface area contributed by atoms with Crippen molar-refractivity contribution in [2.45, 2.75) is 25.9 Å². The first-order valence-electron chi connectivity index (χ1n) is 8.46. The molecule has 2 aromatic heterocycles. The Bertz CT molecular complexity index is 752. The highest BCUT2D eigenvalue weighted by atomic mass is 32.1. The van der Waals surface area contributed by atoms with Crippen molar-refractivity contribution in [2.24, 2.45) is 5.92 Å². The van der Waals surface area contributed by atoms with Crippen molar-refractivity contribution >= 4 is 28.3 Å². The van der Waals surface area contributed by atoms with Gasteiger partial charge in [0.1, 0.15) is 11.6 Å². The molecule has 1 aliphatic heterocycles. The Morgan fingerprint density at radius 3 is 3.08 bits per heavy atom. The number of aromatic nitrogens is 3. The summed E-state index contributed by atoms with van der Waals surface area (Å²) < 4.78 is 5.01. The highest BCUT2D eigenvalue weighted by molar-refractivity contribution is 7.15. The van der Waals surface area contributed by atoms with E-state index in [1.807, 2.05) is 18.2 Å². The molecule has 0 aliphatic carbocycles. The number of aryl methyl sites for hydroxylation is 1. The quantitative estimate of drug-likeness (QED) is 0.696. The summed E-state index contributed by atoms with van der Waals surface area (Å²) in [6, 6.07) is 5.80. The Labute approximate surface area is 155 Å². The molecular weight excluding hydrogens is 354 g/mol. The molecule has 2 aromatic rings. The average molecular weight is 375 g/mol. The zero-order chi connectivity index (χ0) is 18.4. The van der Waals surface area contributed by atoms with Gasteiger partial charge in [-0.05, 0) is 25.0 Å². The summed E-state index contributed by atoms with van der Waals surface area (Å²) in [4.78, 5) is 30.3. The summed E-state index contributed by atoms with van der Waals surface area (Å²) in [5.41, 5.74) is 1.01. The molecule has 0 aromatic carbocycles. The summed E-state index contributed by atoms with van der Waals surface area (Å²) in [6.07, 6.45) is 3.58. The number of anilines is 1. The van der Waals surface area contributed by atoms with E-state index in [1.165, 1.54) is 16.2 Å². The molecule has 2 amide bonds. The van der Waals surface area contributed by atoms with Gasteiger partial charge < -0.3 is 10.1 Å². The van der Waals surface area contributed by atoms with Crippen molar-refractivity contribution in [3.8, 4) is 0 Å². The Balaban J connectivity index is 1.45. The van der Waals surface area contributed by atoms with Crippen LogP contribution in [0.3, 0.4) is 0 Å². The van der Waals surface area contributed by atoms with Crippen LogP contribution < -0.4 is 10.2 Å². The van der Waals surface area contributed by atoms with Gasteiger partial charge in [-0.2, -0.15) is 0 Å². The molecule has 1 unspecified atom stereocenters. The predicted molar refractivity (Wildman–Crippen MR) is 96.6 cm³/mol. The van der Waals surface area contributed by atoms with Crippen molar-refractivity contribution in [3.05, 3.63) is 35.1 Å². The number of ether oxygens (including phenoxy) is 1. The highest BCUT2D eigenvalue weighted by Crippen LogP contribution is 2.28. The van der Waals surface area contributed by atoms with Gasteiger partial charge in [0.25, 0.3) is 0 Å². The first-order chi connectivity index (χ1) is 12.7. The van der Waals surface area contributed by atoms with Crippen LogP contribution in [0.15, 0.2) is 24.4 Å². The van der Waals surface area contributed by atoms with E-state index in [9.17, 15) is 9.59 Å². The fourth-order valence-corrected chi connectivity index (χ4v) is 3.61. The number of pyridine rings is 1. The third-order valence-electron chi connectivity index (χ3n) is 4.09. The number of nitrogens with one attached hydrogen (secondary N) is 1.